The Morgan fingerprint density at radius 3 is 1.06 bits per heavy atom. The molecule has 312 valence electrons. The molecule has 2 nitrogen and oxygen atoms in total. The van der Waals surface area contributed by atoms with E-state index in [2.05, 4.69) is 233 Å². The highest BCUT2D eigenvalue weighted by Crippen LogP contribution is 2.57. The molecule has 0 fully saturated rings. The summed E-state index contributed by atoms with van der Waals surface area (Å²) in [6.45, 7) is 13.8. The number of rotatable bonds is 4. The van der Waals surface area contributed by atoms with Crippen LogP contribution in [0.5, 0.6) is 0 Å². The van der Waals surface area contributed by atoms with Gasteiger partial charge in [-0.25, -0.2) is 0 Å². The van der Waals surface area contributed by atoms with E-state index in [9.17, 15) is 0 Å². The van der Waals surface area contributed by atoms with E-state index in [1.165, 1.54) is 144 Å². The minimum absolute atomic E-state index is 0.00600. The normalized spacial score (nSPS) is 13.2. The van der Waals surface area contributed by atoms with Gasteiger partial charge in [-0.1, -0.05) is 202 Å². The lowest BCUT2D eigenvalue weighted by molar-refractivity contribution is 1.19. The van der Waals surface area contributed by atoms with Crippen molar-refractivity contribution < 1.29 is 0 Å². The molecule has 3 aliphatic rings. The molecule has 10 aromatic rings. The van der Waals surface area contributed by atoms with Crippen LogP contribution in [0.25, 0.3) is 43.8 Å². The van der Waals surface area contributed by atoms with Crippen LogP contribution in [0.15, 0.2) is 182 Å². The van der Waals surface area contributed by atoms with Crippen LogP contribution in [0.1, 0.15) is 33.4 Å². The molecule has 0 atom stereocenters. The summed E-state index contributed by atoms with van der Waals surface area (Å²) in [6.07, 6.45) is 0. The molecule has 13 rings (SSSR count). The van der Waals surface area contributed by atoms with Crippen molar-refractivity contribution in [3.63, 3.8) is 0 Å². The van der Waals surface area contributed by atoms with Gasteiger partial charge in [-0.3, -0.25) is 0 Å². The Morgan fingerprint density at radius 2 is 0.667 bits per heavy atom. The maximum atomic E-state index is 2.69. The molecule has 0 saturated heterocycles. The summed E-state index contributed by atoms with van der Waals surface area (Å²) in [7, 11) is 0. The van der Waals surface area contributed by atoms with Crippen LogP contribution in [-0.2, 0) is 0 Å². The zero-order valence-electron chi connectivity index (χ0n) is 38.4. The van der Waals surface area contributed by atoms with Crippen LogP contribution in [0.4, 0.5) is 34.1 Å². The molecule has 0 N–H and O–H groups in total. The van der Waals surface area contributed by atoms with Gasteiger partial charge in [-0.15, -0.1) is 0 Å². The maximum absolute atomic E-state index is 2.69. The van der Waals surface area contributed by atoms with E-state index in [0.717, 1.165) is 0 Å². The molecular formula is C62H48B2N2. The molecule has 66 heavy (non-hydrogen) atoms. The van der Waals surface area contributed by atoms with Crippen LogP contribution >= 0.6 is 0 Å². The topological polar surface area (TPSA) is 6.48 Å². The van der Waals surface area contributed by atoms with Crippen molar-refractivity contribution in [1.82, 2.24) is 0 Å². The first-order valence-electron chi connectivity index (χ1n) is 23.5. The largest absolute Gasteiger partial charge is 0.307 e. The number of hydrogen-bond donors (Lipinski definition) is 0. The van der Waals surface area contributed by atoms with Crippen LogP contribution in [0, 0.1) is 41.5 Å². The second-order valence-electron chi connectivity index (χ2n) is 19.2. The molecule has 10 aromatic carbocycles. The number of anilines is 6. The predicted molar refractivity (Wildman–Crippen MR) is 286 cm³/mol. The van der Waals surface area contributed by atoms with E-state index in [1.807, 2.05) is 0 Å². The van der Waals surface area contributed by atoms with Crippen molar-refractivity contribution in [3.05, 3.63) is 215 Å². The monoisotopic (exact) mass is 842 g/mol. The van der Waals surface area contributed by atoms with E-state index in [4.69, 9.17) is 0 Å². The van der Waals surface area contributed by atoms with Gasteiger partial charge in [0.2, 0.25) is 13.4 Å². The molecule has 0 aromatic heterocycles. The Hall–Kier alpha value is -7.55. The van der Waals surface area contributed by atoms with Crippen molar-refractivity contribution in [3.8, 4) is 22.3 Å². The Morgan fingerprint density at radius 1 is 0.303 bits per heavy atom. The Balaban J connectivity index is 1.23. The molecule has 3 heterocycles. The van der Waals surface area contributed by atoms with Gasteiger partial charge in [-0.2, -0.15) is 0 Å². The maximum Gasteiger partial charge on any atom is 0.248 e. The van der Waals surface area contributed by atoms with Gasteiger partial charge in [0.05, 0.1) is 22.7 Å². The van der Waals surface area contributed by atoms with E-state index in [-0.39, 0.29) is 13.4 Å². The van der Waals surface area contributed by atoms with Crippen LogP contribution in [0.2, 0.25) is 0 Å². The third-order valence-corrected chi connectivity index (χ3v) is 15.0. The van der Waals surface area contributed by atoms with Gasteiger partial charge < -0.3 is 9.80 Å². The second kappa shape index (κ2) is 14.5. The van der Waals surface area contributed by atoms with Gasteiger partial charge in [0.25, 0.3) is 0 Å². The van der Waals surface area contributed by atoms with Gasteiger partial charge in [-0.05, 0) is 131 Å². The zero-order chi connectivity index (χ0) is 44.5. The minimum Gasteiger partial charge on any atom is -0.307 e. The molecule has 4 heteroatoms. The smallest absolute Gasteiger partial charge is 0.248 e. The fourth-order valence-electron chi connectivity index (χ4n) is 12.6. The zero-order valence-corrected chi connectivity index (χ0v) is 38.4. The first-order chi connectivity index (χ1) is 32.2. The number of aryl methyl sites for hydroxylation is 6. The summed E-state index contributed by atoms with van der Waals surface area (Å²) in [5, 5.41) is 5.10. The van der Waals surface area contributed by atoms with Gasteiger partial charge in [0.15, 0.2) is 0 Å². The summed E-state index contributed by atoms with van der Waals surface area (Å²) in [4.78, 5) is 5.38. The van der Waals surface area contributed by atoms with E-state index in [1.54, 1.807) is 0 Å². The highest BCUT2D eigenvalue weighted by atomic mass is 15.3. The highest BCUT2D eigenvalue weighted by molar-refractivity contribution is 7.01. The molecule has 0 radical (unpaired) electrons. The molecule has 0 aliphatic carbocycles. The molecular weight excluding hydrogens is 794 g/mol. The first-order valence-corrected chi connectivity index (χ1v) is 23.5. The third-order valence-electron chi connectivity index (χ3n) is 15.0. The summed E-state index contributed by atoms with van der Waals surface area (Å²) >= 11 is 0. The lowest BCUT2D eigenvalue weighted by Gasteiger charge is -2.50. The fourth-order valence-corrected chi connectivity index (χ4v) is 12.6. The summed E-state index contributed by atoms with van der Waals surface area (Å²) in [6, 6.07) is 69.3. The van der Waals surface area contributed by atoms with E-state index < -0.39 is 0 Å². The lowest BCUT2D eigenvalue weighted by atomic mass is 9.32. The van der Waals surface area contributed by atoms with Gasteiger partial charge in [0.1, 0.15) is 0 Å². The Labute approximate surface area is 389 Å². The average molecular weight is 843 g/mol. The number of fused-ring (bicyclic) bond motifs is 10. The Kier molecular flexibility index (Phi) is 8.53. The molecule has 0 unspecified atom stereocenters. The SMILES string of the molecule is Cc1cc(C)c(B2c3ccc(-c4ccccc4)cc3N3c4cc5ccccc5c5c4N(c4cc(-c6ccccc6)ccc4B5c4c(C)cc(C)cc4C)c4cc5ccccc5c2c43)c(C)c1. The predicted octanol–water partition coefficient (Wildman–Crippen LogP) is 12.1. The fraction of sp³-hybridized carbons (Fsp3) is 0.0968. The number of benzene rings is 10. The molecule has 0 amide bonds. The molecule has 0 bridgehead atoms. The highest BCUT2D eigenvalue weighted by Gasteiger charge is 2.48. The standard InChI is InChI=1S/C62H48B2N2/c1-37-29-39(3)57(40(4)30-37)63-51-27-25-45(43-17-9-7-10-18-43)33-53(51)65-56-36-48-22-14-16-24-50(48)60-62(56)66(55-35-47-21-13-15-23-49(47)59(63)61(55)65)54-34-46(44-19-11-8-12-20-44)26-28-52(54)64(60)58-41(5)31-38(2)32-42(58)6/h7-36H,1-6H3. The van der Waals surface area contributed by atoms with Crippen molar-refractivity contribution >= 4 is 102 Å². The lowest BCUT2D eigenvalue weighted by Crippen LogP contribution is -2.62. The van der Waals surface area contributed by atoms with Gasteiger partial charge >= 0.3 is 0 Å². The van der Waals surface area contributed by atoms with Crippen molar-refractivity contribution in [1.29, 1.82) is 0 Å². The van der Waals surface area contributed by atoms with Gasteiger partial charge in [0, 0.05) is 11.4 Å². The Bertz CT molecular complexity index is 3400. The quantitative estimate of drug-likeness (QED) is 0.163. The molecule has 0 saturated carbocycles. The van der Waals surface area contributed by atoms with Crippen molar-refractivity contribution in [2.45, 2.75) is 41.5 Å². The van der Waals surface area contributed by atoms with Crippen LogP contribution in [-0.4, -0.2) is 13.4 Å². The summed E-state index contributed by atoms with van der Waals surface area (Å²) in [5.74, 6) is 0. The minimum atomic E-state index is -0.00600. The van der Waals surface area contributed by atoms with Crippen LogP contribution < -0.4 is 42.6 Å². The van der Waals surface area contributed by atoms with Crippen LogP contribution in [0.3, 0.4) is 0 Å². The summed E-state index contributed by atoms with van der Waals surface area (Å²) < 4.78 is 0. The first kappa shape index (κ1) is 38.9. The van der Waals surface area contributed by atoms with E-state index >= 15 is 0 Å². The average Bonchev–Trinajstić information content (AvgIpc) is 3.32. The van der Waals surface area contributed by atoms with E-state index in [0.29, 0.717) is 0 Å². The van der Waals surface area contributed by atoms with Crippen molar-refractivity contribution in [2.75, 3.05) is 9.80 Å². The molecule has 3 aliphatic heterocycles. The molecule has 0 spiro atoms. The summed E-state index contributed by atoms with van der Waals surface area (Å²) in [5.41, 5.74) is 28.4. The van der Waals surface area contributed by atoms with Crippen molar-refractivity contribution in [2.24, 2.45) is 0 Å². The number of nitrogens with zero attached hydrogens (tertiary/aromatic N) is 2. The second-order valence-corrected chi connectivity index (χ2v) is 19.2. The third kappa shape index (κ3) is 5.57. The number of hydrogen-bond acceptors (Lipinski definition) is 2.